The first-order chi connectivity index (χ1) is 11.0. The van der Waals surface area contributed by atoms with Crippen LogP contribution in [0.4, 0.5) is 4.39 Å². The van der Waals surface area contributed by atoms with Crippen molar-refractivity contribution in [3.05, 3.63) is 74.7 Å². The predicted molar refractivity (Wildman–Crippen MR) is 93.2 cm³/mol. The van der Waals surface area contributed by atoms with Gasteiger partial charge in [-0.2, -0.15) is 0 Å². The predicted octanol–water partition coefficient (Wildman–Crippen LogP) is 3.94. The first kappa shape index (κ1) is 16.1. The van der Waals surface area contributed by atoms with E-state index in [9.17, 15) is 4.39 Å². The van der Waals surface area contributed by atoms with E-state index in [1.807, 2.05) is 24.3 Å². The minimum atomic E-state index is -0.518. The highest BCUT2D eigenvalue weighted by molar-refractivity contribution is 9.10. The van der Waals surface area contributed by atoms with Gasteiger partial charge in [0.1, 0.15) is 11.6 Å². The molecule has 0 radical (unpaired) electrons. The van der Waals surface area contributed by atoms with E-state index in [-0.39, 0.29) is 5.82 Å². The van der Waals surface area contributed by atoms with Crippen LogP contribution in [0.3, 0.4) is 0 Å². The van der Waals surface area contributed by atoms with E-state index in [1.54, 1.807) is 19.2 Å². The SMILES string of the molecule is COc1ccc(C2(c3ccc(F)c(Br)c3)C=C(N)NC2)cc1Cl. The maximum absolute atomic E-state index is 13.6. The largest absolute Gasteiger partial charge is 0.495 e. The quantitative estimate of drug-likeness (QED) is 0.825. The van der Waals surface area contributed by atoms with Crippen LogP contribution in [0.5, 0.6) is 5.75 Å². The van der Waals surface area contributed by atoms with Gasteiger partial charge in [0.25, 0.3) is 0 Å². The van der Waals surface area contributed by atoms with Crippen LogP contribution in [-0.4, -0.2) is 13.7 Å². The van der Waals surface area contributed by atoms with Crippen LogP contribution in [0.1, 0.15) is 11.1 Å². The van der Waals surface area contributed by atoms with Gasteiger partial charge < -0.3 is 15.8 Å². The Kier molecular flexibility index (Phi) is 4.25. The Labute approximate surface area is 147 Å². The summed E-state index contributed by atoms with van der Waals surface area (Å²) in [7, 11) is 1.57. The Morgan fingerprint density at radius 3 is 2.52 bits per heavy atom. The van der Waals surface area contributed by atoms with E-state index < -0.39 is 5.41 Å². The maximum atomic E-state index is 13.6. The summed E-state index contributed by atoms with van der Waals surface area (Å²) in [4.78, 5) is 0. The number of methoxy groups -OCH3 is 1. The number of halogens is 3. The minimum Gasteiger partial charge on any atom is -0.495 e. The highest BCUT2D eigenvalue weighted by atomic mass is 79.9. The van der Waals surface area contributed by atoms with Crippen molar-refractivity contribution in [1.29, 1.82) is 0 Å². The molecule has 3 N–H and O–H groups in total. The molecule has 0 spiro atoms. The second kappa shape index (κ2) is 6.06. The van der Waals surface area contributed by atoms with Gasteiger partial charge >= 0.3 is 0 Å². The monoisotopic (exact) mass is 396 g/mol. The van der Waals surface area contributed by atoms with Crippen LogP contribution in [0.2, 0.25) is 5.02 Å². The van der Waals surface area contributed by atoms with E-state index >= 15 is 0 Å². The molecule has 1 unspecified atom stereocenters. The van der Waals surface area contributed by atoms with Crippen LogP contribution >= 0.6 is 27.5 Å². The van der Waals surface area contributed by atoms with E-state index in [2.05, 4.69) is 21.2 Å². The van der Waals surface area contributed by atoms with Crippen LogP contribution < -0.4 is 15.8 Å². The van der Waals surface area contributed by atoms with Crippen molar-refractivity contribution in [2.24, 2.45) is 5.73 Å². The highest BCUT2D eigenvalue weighted by Crippen LogP contribution is 2.40. The standard InChI is InChI=1S/C17H15BrClFN2O/c1-23-15-5-3-11(7-13(15)19)17(8-16(21)22-9-17)10-2-4-14(20)12(18)6-10/h2-8,22H,9,21H2,1H3. The molecule has 6 heteroatoms. The lowest BCUT2D eigenvalue weighted by molar-refractivity contribution is 0.414. The number of ether oxygens (including phenoxy) is 1. The molecule has 1 atom stereocenters. The molecule has 0 bridgehead atoms. The third kappa shape index (κ3) is 2.79. The average Bonchev–Trinajstić information content (AvgIpc) is 2.93. The smallest absolute Gasteiger partial charge is 0.137 e. The maximum Gasteiger partial charge on any atom is 0.137 e. The lowest BCUT2D eigenvalue weighted by Gasteiger charge is -2.28. The molecule has 0 amide bonds. The Hall–Kier alpha value is -1.72. The average molecular weight is 398 g/mol. The Morgan fingerprint density at radius 2 is 1.96 bits per heavy atom. The van der Waals surface area contributed by atoms with Gasteiger partial charge in [0.05, 0.1) is 27.8 Å². The van der Waals surface area contributed by atoms with Crippen LogP contribution in [-0.2, 0) is 5.41 Å². The molecule has 2 aromatic carbocycles. The number of hydrogen-bond donors (Lipinski definition) is 2. The Morgan fingerprint density at radius 1 is 1.26 bits per heavy atom. The summed E-state index contributed by atoms with van der Waals surface area (Å²) in [5, 5.41) is 3.66. The van der Waals surface area contributed by atoms with E-state index in [1.165, 1.54) is 6.07 Å². The second-order valence-corrected chi connectivity index (χ2v) is 6.66. The number of nitrogens with two attached hydrogens (primary N) is 1. The molecule has 0 aromatic heterocycles. The van der Waals surface area contributed by atoms with Gasteiger partial charge in [-0.05, 0) is 57.4 Å². The molecule has 23 heavy (non-hydrogen) atoms. The molecule has 3 rings (SSSR count). The molecular formula is C17H15BrClFN2O. The Balaban J connectivity index is 2.18. The van der Waals surface area contributed by atoms with E-state index in [0.717, 1.165) is 11.1 Å². The third-order valence-electron chi connectivity index (χ3n) is 4.07. The molecule has 0 saturated heterocycles. The fraction of sp³-hybridized carbons (Fsp3) is 0.176. The summed E-state index contributed by atoms with van der Waals surface area (Å²) in [6.45, 7) is 0.569. The summed E-state index contributed by atoms with van der Waals surface area (Å²) in [6.07, 6.45) is 1.94. The second-order valence-electron chi connectivity index (χ2n) is 5.40. The minimum absolute atomic E-state index is 0.306. The van der Waals surface area contributed by atoms with Crippen LogP contribution in [0, 0.1) is 5.82 Å². The normalized spacial score (nSPS) is 20.1. The summed E-state index contributed by atoms with van der Waals surface area (Å²) in [5.74, 6) is 0.880. The summed E-state index contributed by atoms with van der Waals surface area (Å²) in [6, 6.07) is 10.6. The van der Waals surface area contributed by atoms with Gasteiger partial charge in [-0.15, -0.1) is 0 Å². The number of benzene rings is 2. The molecule has 2 aromatic rings. The van der Waals surface area contributed by atoms with Crippen molar-refractivity contribution < 1.29 is 9.13 Å². The van der Waals surface area contributed by atoms with Crippen molar-refractivity contribution in [3.63, 3.8) is 0 Å². The first-order valence-electron chi connectivity index (χ1n) is 6.98. The zero-order valence-electron chi connectivity index (χ0n) is 12.4. The zero-order valence-corrected chi connectivity index (χ0v) is 14.7. The molecule has 1 heterocycles. The molecule has 0 saturated carbocycles. The molecule has 0 aliphatic carbocycles. The molecular weight excluding hydrogens is 383 g/mol. The van der Waals surface area contributed by atoms with Crippen LogP contribution in [0.25, 0.3) is 0 Å². The lowest BCUT2D eigenvalue weighted by Crippen LogP contribution is -2.31. The van der Waals surface area contributed by atoms with Gasteiger partial charge in [0.15, 0.2) is 0 Å². The molecule has 3 nitrogen and oxygen atoms in total. The van der Waals surface area contributed by atoms with Gasteiger partial charge in [0, 0.05) is 6.54 Å². The topological polar surface area (TPSA) is 47.3 Å². The summed E-state index contributed by atoms with van der Waals surface area (Å²) >= 11 is 9.53. The molecule has 1 aliphatic rings. The number of rotatable bonds is 3. The first-order valence-corrected chi connectivity index (χ1v) is 8.15. The van der Waals surface area contributed by atoms with E-state index in [4.69, 9.17) is 22.1 Å². The lowest BCUT2D eigenvalue weighted by atomic mass is 9.75. The number of hydrogen-bond acceptors (Lipinski definition) is 3. The van der Waals surface area contributed by atoms with Gasteiger partial charge in [-0.3, -0.25) is 0 Å². The molecule has 1 aliphatic heterocycles. The zero-order chi connectivity index (χ0) is 16.6. The highest BCUT2D eigenvalue weighted by Gasteiger charge is 2.37. The van der Waals surface area contributed by atoms with Crippen molar-refractivity contribution >= 4 is 27.5 Å². The molecule has 120 valence electrons. The van der Waals surface area contributed by atoms with Gasteiger partial charge in [-0.25, -0.2) is 4.39 Å². The fourth-order valence-electron chi connectivity index (χ4n) is 2.86. The van der Waals surface area contributed by atoms with Crippen LogP contribution in [0.15, 0.2) is 52.8 Å². The van der Waals surface area contributed by atoms with Crippen molar-refractivity contribution in [3.8, 4) is 5.75 Å². The fourth-order valence-corrected chi connectivity index (χ4v) is 3.50. The van der Waals surface area contributed by atoms with Crippen molar-refractivity contribution in [2.45, 2.75) is 5.41 Å². The number of nitrogens with one attached hydrogen (secondary N) is 1. The summed E-state index contributed by atoms with van der Waals surface area (Å²) < 4.78 is 19.2. The van der Waals surface area contributed by atoms with Crippen molar-refractivity contribution in [1.82, 2.24) is 5.32 Å². The van der Waals surface area contributed by atoms with E-state index in [0.29, 0.717) is 27.6 Å². The molecule has 0 fully saturated rings. The summed E-state index contributed by atoms with van der Waals surface area (Å²) in [5.41, 5.74) is 7.31. The van der Waals surface area contributed by atoms with Gasteiger partial charge in [-0.1, -0.05) is 23.7 Å². The third-order valence-corrected chi connectivity index (χ3v) is 4.98. The van der Waals surface area contributed by atoms with Gasteiger partial charge in [0.2, 0.25) is 0 Å². The Bertz CT molecular complexity index is 796. The van der Waals surface area contributed by atoms with Crippen molar-refractivity contribution in [2.75, 3.05) is 13.7 Å².